The predicted octanol–water partition coefficient (Wildman–Crippen LogP) is 0.178. The average Bonchev–Trinajstić information content (AvgIpc) is 2.86. The van der Waals surface area contributed by atoms with Crippen LogP contribution >= 0.6 is 0 Å². The monoisotopic (exact) mass is 283 g/mol. The molecular formula is C13H17NO6. The molecule has 7 nitrogen and oxygen atoms in total. The van der Waals surface area contributed by atoms with Gasteiger partial charge in [0.25, 0.3) is 0 Å². The molecule has 2 rings (SSSR count). The van der Waals surface area contributed by atoms with Crippen LogP contribution in [0.25, 0.3) is 0 Å². The Morgan fingerprint density at radius 1 is 1.30 bits per heavy atom. The Hall–Kier alpha value is -1.92. The fourth-order valence-electron chi connectivity index (χ4n) is 2.96. The second-order valence-electron chi connectivity index (χ2n) is 5.22. The summed E-state index contributed by atoms with van der Waals surface area (Å²) in [6.07, 6.45) is 1.54. The summed E-state index contributed by atoms with van der Waals surface area (Å²) in [5.41, 5.74) is 0. The van der Waals surface area contributed by atoms with Gasteiger partial charge in [-0.2, -0.15) is 0 Å². The van der Waals surface area contributed by atoms with E-state index in [1.807, 2.05) is 0 Å². The number of piperidine rings is 1. The van der Waals surface area contributed by atoms with Gasteiger partial charge in [0.1, 0.15) is 6.04 Å². The normalized spacial score (nSPS) is 26.6. The quantitative estimate of drug-likeness (QED) is 0.570. The van der Waals surface area contributed by atoms with Crippen LogP contribution < -0.4 is 0 Å². The van der Waals surface area contributed by atoms with Crippen LogP contribution in [0, 0.1) is 11.8 Å². The van der Waals surface area contributed by atoms with Gasteiger partial charge in [0.2, 0.25) is 11.8 Å². The molecule has 3 unspecified atom stereocenters. The highest BCUT2D eigenvalue weighted by Crippen LogP contribution is 2.39. The third kappa shape index (κ3) is 2.52. The number of amides is 2. The van der Waals surface area contributed by atoms with Crippen molar-refractivity contribution in [3.05, 3.63) is 0 Å². The van der Waals surface area contributed by atoms with E-state index in [0.29, 0.717) is 19.3 Å². The summed E-state index contributed by atoms with van der Waals surface area (Å²) >= 11 is 0. The lowest BCUT2D eigenvalue weighted by Gasteiger charge is -2.33. The van der Waals surface area contributed by atoms with Crippen LogP contribution in [0.4, 0.5) is 0 Å². The van der Waals surface area contributed by atoms with E-state index in [0.717, 1.165) is 4.90 Å². The van der Waals surface area contributed by atoms with E-state index in [2.05, 4.69) is 4.74 Å². The molecule has 1 saturated carbocycles. The smallest absolute Gasteiger partial charge is 0.326 e. The molecule has 2 fully saturated rings. The number of likely N-dealkylation sites (tertiary alicyclic amines) is 1. The second-order valence-corrected chi connectivity index (χ2v) is 5.22. The number of carbonyl (C=O) groups excluding carboxylic acids is 3. The van der Waals surface area contributed by atoms with Crippen molar-refractivity contribution in [3.8, 4) is 0 Å². The van der Waals surface area contributed by atoms with Crippen LogP contribution in [-0.4, -0.2) is 46.9 Å². The van der Waals surface area contributed by atoms with Gasteiger partial charge >= 0.3 is 11.9 Å². The molecule has 0 aromatic rings. The van der Waals surface area contributed by atoms with Gasteiger partial charge in [0.15, 0.2) is 0 Å². The van der Waals surface area contributed by atoms with Crippen molar-refractivity contribution in [2.75, 3.05) is 7.11 Å². The summed E-state index contributed by atoms with van der Waals surface area (Å²) in [5, 5.41) is 9.24. The van der Waals surface area contributed by atoms with E-state index in [4.69, 9.17) is 0 Å². The zero-order valence-electron chi connectivity index (χ0n) is 11.2. The van der Waals surface area contributed by atoms with Crippen molar-refractivity contribution in [2.24, 2.45) is 11.8 Å². The van der Waals surface area contributed by atoms with E-state index >= 15 is 0 Å². The Kier molecular flexibility index (Phi) is 4.06. The summed E-state index contributed by atoms with van der Waals surface area (Å²) in [4.78, 5) is 47.7. The molecule has 1 aliphatic carbocycles. The molecule has 1 heterocycles. The number of carbonyl (C=O) groups is 4. The SMILES string of the molecule is COC(=O)CCC(C(=O)O)N1C(=O)C2CCC(C2)C1=O. The zero-order valence-corrected chi connectivity index (χ0v) is 11.2. The highest BCUT2D eigenvalue weighted by Gasteiger charge is 2.49. The number of methoxy groups -OCH3 is 1. The first-order chi connectivity index (χ1) is 9.45. The van der Waals surface area contributed by atoms with Crippen molar-refractivity contribution >= 4 is 23.8 Å². The van der Waals surface area contributed by atoms with E-state index in [1.165, 1.54) is 7.11 Å². The van der Waals surface area contributed by atoms with Gasteiger partial charge in [-0.3, -0.25) is 19.3 Å². The Balaban J connectivity index is 2.15. The number of nitrogens with zero attached hydrogens (tertiary/aromatic N) is 1. The third-order valence-corrected chi connectivity index (χ3v) is 4.05. The minimum atomic E-state index is -1.28. The maximum atomic E-state index is 12.2. The number of ether oxygens (including phenoxy) is 1. The van der Waals surface area contributed by atoms with Gasteiger partial charge in [0, 0.05) is 18.3 Å². The first-order valence-electron chi connectivity index (χ1n) is 6.62. The topological polar surface area (TPSA) is 101 Å². The van der Waals surface area contributed by atoms with Gasteiger partial charge in [0.05, 0.1) is 7.11 Å². The molecule has 0 spiro atoms. The fourth-order valence-corrected chi connectivity index (χ4v) is 2.96. The predicted molar refractivity (Wildman–Crippen MR) is 65.4 cm³/mol. The van der Waals surface area contributed by atoms with Crippen LogP contribution in [0.2, 0.25) is 0 Å². The van der Waals surface area contributed by atoms with Crippen LogP contribution in [0.1, 0.15) is 32.1 Å². The Labute approximate surface area is 115 Å². The lowest BCUT2D eigenvalue weighted by atomic mass is 9.94. The molecule has 0 aromatic heterocycles. The maximum Gasteiger partial charge on any atom is 0.326 e. The number of fused-ring (bicyclic) bond motifs is 2. The molecule has 20 heavy (non-hydrogen) atoms. The number of carboxylic acids is 1. The van der Waals surface area contributed by atoms with E-state index in [-0.39, 0.29) is 24.7 Å². The van der Waals surface area contributed by atoms with Crippen molar-refractivity contribution in [2.45, 2.75) is 38.1 Å². The van der Waals surface area contributed by atoms with Gasteiger partial charge in [-0.05, 0) is 25.7 Å². The number of hydrogen-bond donors (Lipinski definition) is 1. The molecule has 1 N–H and O–H groups in total. The fraction of sp³-hybridized carbons (Fsp3) is 0.692. The van der Waals surface area contributed by atoms with E-state index in [1.54, 1.807) is 0 Å². The minimum Gasteiger partial charge on any atom is -0.480 e. The number of rotatable bonds is 5. The molecule has 0 radical (unpaired) electrons. The summed E-state index contributed by atoms with van der Waals surface area (Å²) in [7, 11) is 1.20. The van der Waals surface area contributed by atoms with Gasteiger partial charge in [-0.15, -0.1) is 0 Å². The maximum absolute atomic E-state index is 12.2. The number of carboxylic acid groups (broad SMARTS) is 1. The van der Waals surface area contributed by atoms with Gasteiger partial charge in [-0.25, -0.2) is 4.79 Å². The molecule has 0 aromatic carbocycles. The molecule has 7 heteroatoms. The largest absolute Gasteiger partial charge is 0.480 e. The highest BCUT2D eigenvalue weighted by atomic mass is 16.5. The third-order valence-electron chi connectivity index (χ3n) is 4.05. The van der Waals surface area contributed by atoms with Gasteiger partial charge < -0.3 is 9.84 Å². The average molecular weight is 283 g/mol. The summed E-state index contributed by atoms with van der Waals surface area (Å²) in [6.45, 7) is 0. The molecule has 2 bridgehead atoms. The zero-order chi connectivity index (χ0) is 14.9. The first-order valence-corrected chi connectivity index (χ1v) is 6.62. The first kappa shape index (κ1) is 14.5. The lowest BCUT2D eigenvalue weighted by molar-refractivity contribution is -0.164. The van der Waals surface area contributed by atoms with Crippen molar-refractivity contribution in [3.63, 3.8) is 0 Å². The molecule has 3 atom stereocenters. The summed E-state index contributed by atoms with van der Waals surface area (Å²) in [6, 6.07) is -1.28. The molecule has 110 valence electrons. The molecule has 1 saturated heterocycles. The van der Waals surface area contributed by atoms with Crippen molar-refractivity contribution < 1.29 is 29.0 Å². The van der Waals surface area contributed by atoms with Crippen LogP contribution in [0.5, 0.6) is 0 Å². The Bertz CT molecular complexity index is 438. The Morgan fingerprint density at radius 3 is 2.30 bits per heavy atom. The lowest BCUT2D eigenvalue weighted by Crippen LogP contribution is -2.54. The highest BCUT2D eigenvalue weighted by molar-refractivity contribution is 6.04. The molecular weight excluding hydrogens is 266 g/mol. The standard InChI is InChI=1S/C13H17NO6/c1-20-10(15)5-4-9(13(18)19)14-11(16)7-2-3-8(6-7)12(14)17/h7-9H,2-6H2,1H3,(H,18,19). The second kappa shape index (κ2) is 5.60. The summed E-state index contributed by atoms with van der Waals surface area (Å²) < 4.78 is 4.46. The number of hydrogen-bond acceptors (Lipinski definition) is 5. The van der Waals surface area contributed by atoms with Crippen LogP contribution in [0.15, 0.2) is 0 Å². The molecule has 1 aliphatic heterocycles. The van der Waals surface area contributed by atoms with E-state index in [9.17, 15) is 24.3 Å². The minimum absolute atomic E-state index is 0.112. The number of aliphatic carboxylic acids is 1. The number of imide groups is 1. The van der Waals surface area contributed by atoms with E-state index < -0.39 is 29.8 Å². The van der Waals surface area contributed by atoms with Crippen molar-refractivity contribution in [1.82, 2.24) is 4.90 Å². The van der Waals surface area contributed by atoms with Crippen LogP contribution in [-0.2, 0) is 23.9 Å². The van der Waals surface area contributed by atoms with Crippen LogP contribution in [0.3, 0.4) is 0 Å². The van der Waals surface area contributed by atoms with Crippen molar-refractivity contribution in [1.29, 1.82) is 0 Å². The summed E-state index contributed by atoms with van der Waals surface area (Å²) in [5.74, 6) is -3.16. The number of esters is 1. The molecule has 2 aliphatic rings. The molecule has 2 amide bonds. The Morgan fingerprint density at radius 2 is 1.85 bits per heavy atom. The van der Waals surface area contributed by atoms with Gasteiger partial charge in [-0.1, -0.05) is 0 Å².